The molecule has 0 saturated carbocycles. The van der Waals surface area contributed by atoms with Crippen LogP contribution in [0.5, 0.6) is 17.2 Å². The first-order chi connectivity index (χ1) is 14.1. The Kier molecular flexibility index (Phi) is 11.0. The Balaban J connectivity index is 2.68. The third kappa shape index (κ3) is 8.89. The Hall–Kier alpha value is -2.49. The van der Waals surface area contributed by atoms with Gasteiger partial charge >= 0.3 is 0 Å². The number of phenolic OH excluding ortho intramolecular Hbond substituents is 2. The first-order valence-corrected chi connectivity index (χ1v) is 10.8. The molecule has 1 atom stereocenters. The number of ketones is 1. The highest BCUT2D eigenvalue weighted by molar-refractivity contribution is 6.02. The van der Waals surface area contributed by atoms with Crippen molar-refractivity contribution in [3.63, 3.8) is 0 Å². The van der Waals surface area contributed by atoms with E-state index >= 15 is 0 Å². The molecule has 4 heteroatoms. The number of allylic oxidation sites excluding steroid dienone is 5. The minimum Gasteiger partial charge on any atom is -0.508 e. The van der Waals surface area contributed by atoms with Gasteiger partial charge in [0.2, 0.25) is 0 Å². The van der Waals surface area contributed by atoms with Crippen molar-refractivity contribution < 1.29 is 19.7 Å². The predicted octanol–water partition coefficient (Wildman–Crippen LogP) is 7.12. The van der Waals surface area contributed by atoms with Crippen molar-refractivity contribution in [3.8, 4) is 17.2 Å². The summed E-state index contributed by atoms with van der Waals surface area (Å²) in [5.74, 6) is -0.564. The molecule has 1 rings (SSSR count). The second kappa shape index (κ2) is 12.9. The van der Waals surface area contributed by atoms with E-state index in [9.17, 15) is 15.0 Å². The second-order valence-corrected chi connectivity index (χ2v) is 8.28. The zero-order chi connectivity index (χ0) is 22.7. The van der Waals surface area contributed by atoms with Crippen LogP contribution in [0.1, 0.15) is 84.0 Å². The van der Waals surface area contributed by atoms with Crippen molar-refractivity contribution in [2.45, 2.75) is 73.6 Å². The van der Waals surface area contributed by atoms with Crippen LogP contribution in [0.3, 0.4) is 0 Å². The van der Waals surface area contributed by atoms with Crippen LogP contribution < -0.4 is 4.74 Å². The van der Waals surface area contributed by atoms with Crippen LogP contribution in [0.2, 0.25) is 0 Å². The van der Waals surface area contributed by atoms with Crippen molar-refractivity contribution in [3.05, 3.63) is 52.6 Å². The average Bonchev–Trinajstić information content (AvgIpc) is 2.66. The van der Waals surface area contributed by atoms with Crippen molar-refractivity contribution >= 4 is 5.78 Å². The normalized spacial score (nSPS) is 13.1. The van der Waals surface area contributed by atoms with E-state index in [1.54, 1.807) is 0 Å². The molecule has 0 aliphatic rings. The van der Waals surface area contributed by atoms with Crippen LogP contribution >= 0.6 is 0 Å². The summed E-state index contributed by atoms with van der Waals surface area (Å²) >= 11 is 0. The number of rotatable bonds is 12. The minimum absolute atomic E-state index is 0.127. The molecule has 166 valence electrons. The number of benzene rings is 1. The van der Waals surface area contributed by atoms with Gasteiger partial charge in [0.05, 0.1) is 0 Å². The lowest BCUT2D eigenvalue weighted by molar-refractivity contribution is 0.0920. The van der Waals surface area contributed by atoms with Crippen molar-refractivity contribution in [1.82, 2.24) is 0 Å². The van der Waals surface area contributed by atoms with E-state index in [2.05, 4.69) is 39.8 Å². The van der Waals surface area contributed by atoms with Crippen LogP contribution in [0.15, 0.2) is 47.1 Å². The van der Waals surface area contributed by atoms with Gasteiger partial charge in [0.15, 0.2) is 5.78 Å². The SMILES string of the molecule is CC[C@H](C)C(=O)c1c(O)cc(O)cc1OC/C=C(\C)CC/C=C(\C)CCC=C(C)C. The van der Waals surface area contributed by atoms with Crippen LogP contribution in [-0.4, -0.2) is 22.6 Å². The van der Waals surface area contributed by atoms with Crippen LogP contribution in [0.25, 0.3) is 0 Å². The number of phenols is 2. The number of Topliss-reactive ketones (excluding diaryl/α,β-unsaturated/α-hetero) is 1. The summed E-state index contributed by atoms with van der Waals surface area (Å²) in [5, 5.41) is 20.0. The number of carbonyl (C=O) groups is 1. The second-order valence-electron chi connectivity index (χ2n) is 8.28. The standard InChI is InChI=1S/C26H38O4/c1-7-21(6)26(29)25-23(28)16-22(27)17-24(25)30-15-14-20(5)13-9-12-19(4)11-8-10-18(2)3/h10,12,14,16-17,21,27-28H,7-9,11,13,15H2,1-6H3/b19-12+,20-14+/t21-/m0/s1. The lowest BCUT2D eigenvalue weighted by Gasteiger charge is -2.15. The minimum atomic E-state index is -0.246. The first kappa shape index (κ1) is 25.5. The Morgan fingerprint density at radius 3 is 2.20 bits per heavy atom. The van der Waals surface area contributed by atoms with Gasteiger partial charge < -0.3 is 14.9 Å². The summed E-state index contributed by atoms with van der Waals surface area (Å²) in [5.41, 5.74) is 4.10. The third-order valence-corrected chi connectivity index (χ3v) is 5.17. The summed E-state index contributed by atoms with van der Waals surface area (Å²) in [7, 11) is 0. The number of carbonyl (C=O) groups excluding carboxylic acids is 1. The lowest BCUT2D eigenvalue weighted by Crippen LogP contribution is -2.12. The highest BCUT2D eigenvalue weighted by Gasteiger charge is 2.23. The average molecular weight is 415 g/mol. The Morgan fingerprint density at radius 2 is 1.60 bits per heavy atom. The molecular formula is C26H38O4. The van der Waals surface area contributed by atoms with Crippen molar-refractivity contribution in [1.29, 1.82) is 0 Å². The van der Waals surface area contributed by atoms with Gasteiger partial charge in [-0.2, -0.15) is 0 Å². The zero-order valence-corrected chi connectivity index (χ0v) is 19.4. The third-order valence-electron chi connectivity index (χ3n) is 5.17. The van der Waals surface area contributed by atoms with Gasteiger partial charge in [0.25, 0.3) is 0 Å². The van der Waals surface area contributed by atoms with Gasteiger partial charge in [-0.15, -0.1) is 0 Å². The molecule has 0 bridgehead atoms. The van der Waals surface area contributed by atoms with Gasteiger partial charge in [-0.05, 0) is 65.9 Å². The highest BCUT2D eigenvalue weighted by atomic mass is 16.5. The summed E-state index contributed by atoms with van der Waals surface area (Å²) in [6, 6.07) is 2.56. The van der Waals surface area contributed by atoms with E-state index in [1.165, 1.54) is 28.9 Å². The van der Waals surface area contributed by atoms with Gasteiger partial charge in [0.1, 0.15) is 29.4 Å². The number of hydrogen-bond donors (Lipinski definition) is 2. The molecule has 0 aliphatic heterocycles. The van der Waals surface area contributed by atoms with E-state index in [4.69, 9.17) is 4.74 Å². The fourth-order valence-corrected chi connectivity index (χ4v) is 2.99. The summed E-state index contributed by atoms with van der Waals surface area (Å²) in [6.45, 7) is 12.5. The van der Waals surface area contributed by atoms with E-state index in [-0.39, 0.29) is 41.1 Å². The molecule has 0 unspecified atom stereocenters. The number of ether oxygens (including phenoxy) is 1. The molecule has 30 heavy (non-hydrogen) atoms. The molecule has 2 N–H and O–H groups in total. The van der Waals surface area contributed by atoms with E-state index in [0.717, 1.165) is 25.7 Å². The molecular weight excluding hydrogens is 376 g/mol. The van der Waals surface area contributed by atoms with Gasteiger partial charge in [-0.1, -0.05) is 42.7 Å². The number of aromatic hydroxyl groups is 2. The van der Waals surface area contributed by atoms with Gasteiger partial charge in [-0.3, -0.25) is 4.79 Å². The maximum absolute atomic E-state index is 12.6. The van der Waals surface area contributed by atoms with Crippen LogP contribution in [-0.2, 0) is 0 Å². The molecule has 0 aromatic heterocycles. The molecule has 0 heterocycles. The summed E-state index contributed by atoms with van der Waals surface area (Å²) < 4.78 is 5.75. The molecule has 1 aromatic carbocycles. The monoisotopic (exact) mass is 414 g/mol. The van der Waals surface area contributed by atoms with E-state index in [0.29, 0.717) is 6.42 Å². The van der Waals surface area contributed by atoms with E-state index in [1.807, 2.05) is 19.9 Å². The Bertz CT molecular complexity index is 795. The maximum atomic E-state index is 12.6. The molecule has 0 amide bonds. The van der Waals surface area contributed by atoms with Gasteiger partial charge in [-0.25, -0.2) is 0 Å². The Morgan fingerprint density at radius 1 is 1.00 bits per heavy atom. The first-order valence-electron chi connectivity index (χ1n) is 10.8. The van der Waals surface area contributed by atoms with Gasteiger partial charge in [0, 0.05) is 18.1 Å². The molecule has 0 radical (unpaired) electrons. The molecule has 1 aromatic rings. The fraction of sp³-hybridized carbons (Fsp3) is 0.500. The topological polar surface area (TPSA) is 66.8 Å². The summed E-state index contributed by atoms with van der Waals surface area (Å²) in [4.78, 5) is 12.6. The Labute approximate surface area is 182 Å². The fourth-order valence-electron chi connectivity index (χ4n) is 2.99. The molecule has 0 fully saturated rings. The largest absolute Gasteiger partial charge is 0.508 e. The molecule has 4 nitrogen and oxygen atoms in total. The zero-order valence-electron chi connectivity index (χ0n) is 19.4. The molecule has 0 spiro atoms. The molecule has 0 saturated heterocycles. The maximum Gasteiger partial charge on any atom is 0.173 e. The van der Waals surface area contributed by atoms with Crippen LogP contribution in [0.4, 0.5) is 0 Å². The smallest absolute Gasteiger partial charge is 0.173 e. The van der Waals surface area contributed by atoms with Crippen LogP contribution in [0, 0.1) is 5.92 Å². The van der Waals surface area contributed by atoms with E-state index < -0.39 is 0 Å². The van der Waals surface area contributed by atoms with Crippen molar-refractivity contribution in [2.75, 3.05) is 6.61 Å². The lowest BCUT2D eigenvalue weighted by atomic mass is 9.95. The molecule has 0 aliphatic carbocycles. The highest BCUT2D eigenvalue weighted by Crippen LogP contribution is 2.35. The predicted molar refractivity (Wildman–Crippen MR) is 124 cm³/mol. The van der Waals surface area contributed by atoms with Crippen molar-refractivity contribution in [2.24, 2.45) is 5.92 Å². The quantitative estimate of drug-likeness (QED) is 0.282. The number of hydrogen-bond acceptors (Lipinski definition) is 4. The summed E-state index contributed by atoms with van der Waals surface area (Å²) in [6.07, 6.45) is 11.3.